The lowest BCUT2D eigenvalue weighted by Crippen LogP contribution is -2.53. The van der Waals surface area contributed by atoms with Gasteiger partial charge in [0.05, 0.1) is 5.54 Å². The zero-order valence-electron chi connectivity index (χ0n) is 9.39. The van der Waals surface area contributed by atoms with Gasteiger partial charge >= 0.3 is 0 Å². The minimum absolute atomic E-state index is 0.0309. The molecule has 1 aromatic rings. The number of hydrogen-bond acceptors (Lipinski definition) is 5. The fraction of sp³-hybridized carbons (Fsp3) is 0.333. The minimum atomic E-state index is -1.02. The molecule has 0 unspecified atom stereocenters. The molecule has 0 aliphatic carbocycles. The van der Waals surface area contributed by atoms with Gasteiger partial charge in [0.25, 0.3) is 11.5 Å². The number of nitrogens with zero attached hydrogens (tertiary/aromatic N) is 2. The number of oxime groups is 1. The van der Waals surface area contributed by atoms with Gasteiger partial charge in [0.2, 0.25) is 0 Å². The highest BCUT2D eigenvalue weighted by Gasteiger charge is 2.26. The Bertz CT molecular complexity index is 485. The van der Waals surface area contributed by atoms with E-state index in [9.17, 15) is 9.59 Å². The monoisotopic (exact) mass is 239 g/mol. The van der Waals surface area contributed by atoms with E-state index in [0.29, 0.717) is 0 Å². The molecule has 0 saturated heterocycles. The molecule has 1 heterocycles. The summed E-state index contributed by atoms with van der Waals surface area (Å²) >= 11 is 0. The van der Waals surface area contributed by atoms with Gasteiger partial charge in [0, 0.05) is 6.07 Å². The highest BCUT2D eigenvalue weighted by Crippen LogP contribution is 2.03. The van der Waals surface area contributed by atoms with E-state index in [4.69, 9.17) is 10.9 Å². The van der Waals surface area contributed by atoms with E-state index >= 15 is 0 Å². The van der Waals surface area contributed by atoms with Gasteiger partial charge in [-0.3, -0.25) is 9.59 Å². The second-order valence-electron chi connectivity index (χ2n) is 3.87. The lowest BCUT2D eigenvalue weighted by atomic mass is 10.0. The Hall–Kier alpha value is -2.38. The zero-order chi connectivity index (χ0) is 13.1. The molecule has 0 fully saturated rings. The molecule has 0 saturated carbocycles. The first-order chi connectivity index (χ1) is 7.86. The molecular weight excluding hydrogens is 226 g/mol. The van der Waals surface area contributed by atoms with E-state index in [1.807, 2.05) is 0 Å². The second kappa shape index (κ2) is 4.64. The van der Waals surface area contributed by atoms with E-state index < -0.39 is 17.0 Å². The van der Waals surface area contributed by atoms with Crippen LogP contribution in [-0.4, -0.2) is 32.7 Å². The number of aromatic amines is 1. The summed E-state index contributed by atoms with van der Waals surface area (Å²) in [5.41, 5.74) is 4.01. The van der Waals surface area contributed by atoms with Crippen molar-refractivity contribution >= 4 is 11.7 Å². The third-order valence-electron chi connectivity index (χ3n) is 2.09. The zero-order valence-corrected chi connectivity index (χ0v) is 9.39. The second-order valence-corrected chi connectivity index (χ2v) is 3.87. The number of nitrogens with one attached hydrogen (secondary N) is 2. The number of nitrogens with two attached hydrogens (primary N) is 1. The Morgan fingerprint density at radius 3 is 2.71 bits per heavy atom. The molecule has 0 atom stereocenters. The van der Waals surface area contributed by atoms with Gasteiger partial charge in [0.1, 0.15) is 5.69 Å². The Balaban J connectivity index is 2.86. The van der Waals surface area contributed by atoms with Crippen molar-refractivity contribution in [2.24, 2.45) is 10.9 Å². The maximum Gasteiger partial charge on any atom is 0.272 e. The van der Waals surface area contributed by atoms with Crippen LogP contribution in [0.5, 0.6) is 0 Å². The van der Waals surface area contributed by atoms with E-state index in [1.165, 1.54) is 12.1 Å². The highest BCUT2D eigenvalue weighted by atomic mass is 16.4. The predicted molar refractivity (Wildman–Crippen MR) is 59.8 cm³/mol. The standard InChI is InChI=1S/C9H13N5O3/c1-9(2,8(10)14-17)11-7(16)5-3-4-6(15)13-12-5/h3-4,17H,1-2H3,(H2,10,14)(H,11,16)(H,13,15). The SMILES string of the molecule is CC(C)(NC(=O)c1ccc(=O)[nH]n1)/C(N)=N/O. The lowest BCUT2D eigenvalue weighted by molar-refractivity contribution is 0.0924. The first-order valence-electron chi connectivity index (χ1n) is 4.73. The molecule has 0 bridgehead atoms. The number of carbonyl (C=O) groups excluding carboxylic acids is 1. The van der Waals surface area contributed by atoms with Gasteiger partial charge in [-0.25, -0.2) is 5.10 Å². The van der Waals surface area contributed by atoms with Crippen molar-refractivity contribution in [2.75, 3.05) is 0 Å². The number of hydrogen-bond donors (Lipinski definition) is 4. The molecule has 0 radical (unpaired) electrons. The van der Waals surface area contributed by atoms with Gasteiger partial charge in [-0.05, 0) is 19.9 Å². The summed E-state index contributed by atoms with van der Waals surface area (Å²) in [6.45, 7) is 3.12. The van der Waals surface area contributed by atoms with Crippen LogP contribution in [0, 0.1) is 0 Å². The van der Waals surface area contributed by atoms with Crippen LogP contribution in [-0.2, 0) is 0 Å². The van der Waals surface area contributed by atoms with E-state index in [2.05, 4.69) is 20.7 Å². The summed E-state index contributed by atoms with van der Waals surface area (Å²) in [4.78, 5) is 22.5. The molecule has 1 rings (SSSR count). The number of carbonyl (C=O) groups is 1. The smallest absolute Gasteiger partial charge is 0.272 e. The van der Waals surface area contributed by atoms with Crippen molar-refractivity contribution in [1.82, 2.24) is 15.5 Å². The van der Waals surface area contributed by atoms with Gasteiger partial charge in [-0.15, -0.1) is 0 Å². The maximum absolute atomic E-state index is 11.7. The van der Waals surface area contributed by atoms with Gasteiger partial charge in [0.15, 0.2) is 5.84 Å². The average molecular weight is 239 g/mol. The molecule has 1 aromatic heterocycles. The van der Waals surface area contributed by atoms with Gasteiger partial charge in [-0.1, -0.05) is 5.16 Å². The van der Waals surface area contributed by atoms with Crippen LogP contribution in [0.15, 0.2) is 22.1 Å². The Labute approximate surface area is 96.5 Å². The van der Waals surface area contributed by atoms with Gasteiger partial charge in [-0.2, -0.15) is 5.10 Å². The molecule has 8 nitrogen and oxygen atoms in total. The van der Waals surface area contributed by atoms with Crippen molar-refractivity contribution in [3.8, 4) is 0 Å². The average Bonchev–Trinajstić information content (AvgIpc) is 2.28. The van der Waals surface area contributed by atoms with Crippen molar-refractivity contribution < 1.29 is 10.0 Å². The van der Waals surface area contributed by atoms with Crippen LogP contribution < -0.4 is 16.6 Å². The van der Waals surface area contributed by atoms with Crippen molar-refractivity contribution in [3.05, 3.63) is 28.2 Å². The summed E-state index contributed by atoms with van der Waals surface area (Å²) in [7, 11) is 0. The molecule has 1 amide bonds. The Kier molecular flexibility index (Phi) is 3.46. The van der Waals surface area contributed by atoms with Crippen molar-refractivity contribution in [3.63, 3.8) is 0 Å². The van der Waals surface area contributed by atoms with Crippen LogP contribution in [0.4, 0.5) is 0 Å². The van der Waals surface area contributed by atoms with Crippen LogP contribution in [0.25, 0.3) is 0 Å². The third kappa shape index (κ3) is 3.03. The quantitative estimate of drug-likeness (QED) is 0.233. The molecule has 0 aliphatic rings. The molecule has 92 valence electrons. The highest BCUT2D eigenvalue weighted by molar-refractivity contribution is 5.98. The molecule has 0 aliphatic heterocycles. The normalized spacial score (nSPS) is 12.2. The first kappa shape index (κ1) is 12.7. The fourth-order valence-corrected chi connectivity index (χ4v) is 1.01. The number of amides is 1. The van der Waals surface area contributed by atoms with Crippen LogP contribution in [0.1, 0.15) is 24.3 Å². The largest absolute Gasteiger partial charge is 0.409 e. The molecule has 5 N–H and O–H groups in total. The van der Waals surface area contributed by atoms with E-state index in [-0.39, 0.29) is 11.5 Å². The van der Waals surface area contributed by atoms with Crippen LogP contribution >= 0.6 is 0 Å². The van der Waals surface area contributed by atoms with E-state index in [0.717, 1.165) is 0 Å². The maximum atomic E-state index is 11.7. The lowest BCUT2D eigenvalue weighted by Gasteiger charge is -2.23. The summed E-state index contributed by atoms with van der Waals surface area (Å²) < 4.78 is 0. The molecule has 8 heteroatoms. The topological polar surface area (TPSA) is 133 Å². The number of rotatable bonds is 3. The summed E-state index contributed by atoms with van der Waals surface area (Å²) in [6.07, 6.45) is 0. The van der Waals surface area contributed by atoms with Crippen LogP contribution in [0.2, 0.25) is 0 Å². The first-order valence-corrected chi connectivity index (χ1v) is 4.73. The van der Waals surface area contributed by atoms with Crippen LogP contribution in [0.3, 0.4) is 0 Å². The van der Waals surface area contributed by atoms with E-state index in [1.54, 1.807) is 13.8 Å². The Morgan fingerprint density at radius 2 is 2.24 bits per heavy atom. The molecule has 17 heavy (non-hydrogen) atoms. The summed E-state index contributed by atoms with van der Waals surface area (Å²) in [5.74, 6) is -0.687. The molecular formula is C9H13N5O3. The number of H-pyrrole nitrogens is 1. The molecule has 0 aromatic carbocycles. The summed E-state index contributed by atoms with van der Waals surface area (Å²) in [5, 5.41) is 19.6. The Morgan fingerprint density at radius 1 is 1.59 bits per heavy atom. The molecule has 0 spiro atoms. The number of aromatic nitrogens is 2. The van der Waals surface area contributed by atoms with Crippen molar-refractivity contribution in [1.29, 1.82) is 0 Å². The number of amidine groups is 1. The fourth-order valence-electron chi connectivity index (χ4n) is 1.01. The third-order valence-corrected chi connectivity index (χ3v) is 2.09. The summed E-state index contributed by atoms with van der Waals surface area (Å²) in [6, 6.07) is 2.45. The van der Waals surface area contributed by atoms with Crippen molar-refractivity contribution in [2.45, 2.75) is 19.4 Å². The predicted octanol–water partition coefficient (Wildman–Crippen LogP) is -0.975. The van der Waals surface area contributed by atoms with Gasteiger partial charge < -0.3 is 16.3 Å². The minimum Gasteiger partial charge on any atom is -0.409 e.